The maximum atomic E-state index is 5.85. The van der Waals surface area contributed by atoms with E-state index in [9.17, 15) is 0 Å². The second-order valence-electron chi connectivity index (χ2n) is 2.76. The first-order valence-corrected chi connectivity index (χ1v) is 3.72. The van der Waals surface area contributed by atoms with Crippen LogP contribution in [0.3, 0.4) is 0 Å². The van der Waals surface area contributed by atoms with E-state index in [1.165, 1.54) is 0 Å². The third-order valence-electron chi connectivity index (χ3n) is 1.45. The number of rotatable bonds is 1. The maximum absolute atomic E-state index is 5.85. The van der Waals surface area contributed by atoms with Gasteiger partial charge in [0.25, 0.3) is 0 Å². The van der Waals surface area contributed by atoms with Gasteiger partial charge >= 0.3 is 0 Å². The molecule has 0 amide bonds. The first-order chi connectivity index (χ1) is 5.02. The second-order valence-corrected chi connectivity index (χ2v) is 3.17. The summed E-state index contributed by atoms with van der Waals surface area (Å²) in [6, 6.07) is 7.30. The van der Waals surface area contributed by atoms with E-state index >= 15 is 0 Å². The SMILES string of the molecule is CC(N)(N)c1ccccc1Cl. The minimum absolute atomic E-state index is 0.611. The molecule has 0 unspecified atom stereocenters. The zero-order valence-corrected chi connectivity index (χ0v) is 7.10. The lowest BCUT2D eigenvalue weighted by Crippen LogP contribution is -2.42. The van der Waals surface area contributed by atoms with Crippen molar-refractivity contribution in [2.24, 2.45) is 11.5 Å². The van der Waals surface area contributed by atoms with Crippen LogP contribution in [0.25, 0.3) is 0 Å². The van der Waals surface area contributed by atoms with Crippen LogP contribution in [0.4, 0.5) is 0 Å². The summed E-state index contributed by atoms with van der Waals surface area (Å²) in [5.41, 5.74) is 11.2. The van der Waals surface area contributed by atoms with Crippen molar-refractivity contribution >= 4 is 11.6 Å². The minimum atomic E-state index is -0.849. The highest BCUT2D eigenvalue weighted by Crippen LogP contribution is 2.21. The first kappa shape index (κ1) is 8.53. The Morgan fingerprint density at radius 1 is 1.27 bits per heavy atom. The number of hydrogen-bond donors (Lipinski definition) is 2. The van der Waals surface area contributed by atoms with Crippen LogP contribution in [-0.4, -0.2) is 0 Å². The van der Waals surface area contributed by atoms with Gasteiger partial charge in [-0.1, -0.05) is 29.8 Å². The summed E-state index contributed by atoms with van der Waals surface area (Å²) in [5.74, 6) is 0. The molecular weight excluding hydrogens is 160 g/mol. The van der Waals surface area contributed by atoms with Crippen molar-refractivity contribution in [2.45, 2.75) is 12.6 Å². The van der Waals surface area contributed by atoms with Crippen LogP contribution in [0.2, 0.25) is 5.02 Å². The van der Waals surface area contributed by atoms with Crippen molar-refractivity contribution < 1.29 is 0 Å². The smallest absolute Gasteiger partial charge is 0.0884 e. The van der Waals surface area contributed by atoms with Crippen molar-refractivity contribution in [3.8, 4) is 0 Å². The summed E-state index contributed by atoms with van der Waals surface area (Å²) >= 11 is 5.85. The Kier molecular flexibility index (Phi) is 2.18. The summed E-state index contributed by atoms with van der Waals surface area (Å²) in [5, 5.41) is 0.611. The molecule has 1 rings (SSSR count). The van der Waals surface area contributed by atoms with Gasteiger partial charge < -0.3 is 11.5 Å². The number of halogens is 1. The lowest BCUT2D eigenvalue weighted by molar-refractivity contribution is 0.521. The van der Waals surface area contributed by atoms with Gasteiger partial charge in [-0.2, -0.15) is 0 Å². The highest BCUT2D eigenvalue weighted by Gasteiger charge is 2.16. The van der Waals surface area contributed by atoms with Gasteiger partial charge in [0, 0.05) is 10.6 Å². The molecule has 0 fully saturated rings. The molecule has 0 bridgehead atoms. The molecule has 2 nitrogen and oxygen atoms in total. The predicted molar refractivity (Wildman–Crippen MR) is 47.2 cm³/mol. The third-order valence-corrected chi connectivity index (χ3v) is 1.78. The van der Waals surface area contributed by atoms with Gasteiger partial charge in [0.05, 0.1) is 5.66 Å². The van der Waals surface area contributed by atoms with Gasteiger partial charge in [-0.15, -0.1) is 0 Å². The summed E-state index contributed by atoms with van der Waals surface area (Å²) in [7, 11) is 0. The zero-order valence-electron chi connectivity index (χ0n) is 6.34. The van der Waals surface area contributed by atoms with Crippen molar-refractivity contribution in [3.05, 3.63) is 34.9 Å². The van der Waals surface area contributed by atoms with E-state index in [2.05, 4.69) is 0 Å². The Morgan fingerprint density at radius 3 is 2.18 bits per heavy atom. The Bertz CT molecular complexity index is 253. The standard InChI is InChI=1S/C8H11ClN2/c1-8(10,11)6-4-2-3-5-7(6)9/h2-5H,10-11H2,1H3. The van der Waals surface area contributed by atoms with E-state index in [4.69, 9.17) is 23.1 Å². The molecule has 4 N–H and O–H groups in total. The van der Waals surface area contributed by atoms with Crippen molar-refractivity contribution in [3.63, 3.8) is 0 Å². The van der Waals surface area contributed by atoms with Crippen molar-refractivity contribution in [1.29, 1.82) is 0 Å². The van der Waals surface area contributed by atoms with Gasteiger partial charge in [-0.25, -0.2) is 0 Å². The topological polar surface area (TPSA) is 52.0 Å². The van der Waals surface area contributed by atoms with Gasteiger partial charge in [0.15, 0.2) is 0 Å². The monoisotopic (exact) mass is 170 g/mol. The molecule has 1 aromatic carbocycles. The number of hydrogen-bond acceptors (Lipinski definition) is 2. The number of nitrogens with two attached hydrogens (primary N) is 2. The van der Waals surface area contributed by atoms with E-state index in [0.29, 0.717) is 5.02 Å². The van der Waals surface area contributed by atoms with Gasteiger partial charge in [-0.05, 0) is 13.0 Å². The summed E-state index contributed by atoms with van der Waals surface area (Å²) in [6.45, 7) is 1.72. The van der Waals surface area contributed by atoms with Crippen LogP contribution in [0.5, 0.6) is 0 Å². The molecule has 1 aromatic rings. The van der Waals surface area contributed by atoms with Crippen LogP contribution in [0.15, 0.2) is 24.3 Å². The lowest BCUT2D eigenvalue weighted by atomic mass is 10.0. The summed E-state index contributed by atoms with van der Waals surface area (Å²) < 4.78 is 0. The van der Waals surface area contributed by atoms with Crippen molar-refractivity contribution in [2.75, 3.05) is 0 Å². The van der Waals surface area contributed by atoms with Crippen molar-refractivity contribution in [1.82, 2.24) is 0 Å². The quantitative estimate of drug-likeness (QED) is 0.627. The van der Waals surface area contributed by atoms with E-state index in [0.717, 1.165) is 5.56 Å². The van der Waals surface area contributed by atoms with Crippen LogP contribution in [-0.2, 0) is 5.66 Å². The lowest BCUT2D eigenvalue weighted by Gasteiger charge is -2.19. The van der Waals surface area contributed by atoms with Gasteiger partial charge in [0.2, 0.25) is 0 Å². The molecule has 0 saturated heterocycles. The average molecular weight is 171 g/mol. The number of benzene rings is 1. The normalized spacial score (nSPS) is 11.6. The minimum Gasteiger partial charge on any atom is -0.310 e. The first-order valence-electron chi connectivity index (χ1n) is 3.34. The molecular formula is C8H11ClN2. The average Bonchev–Trinajstić information content (AvgIpc) is 1.86. The van der Waals surface area contributed by atoms with E-state index in [1.807, 2.05) is 18.2 Å². The Labute approximate surface area is 71.1 Å². The van der Waals surface area contributed by atoms with E-state index in [-0.39, 0.29) is 0 Å². The summed E-state index contributed by atoms with van der Waals surface area (Å²) in [6.07, 6.45) is 0. The Balaban J connectivity index is 3.14. The Hall–Kier alpha value is -0.570. The molecule has 0 aliphatic rings. The largest absolute Gasteiger partial charge is 0.310 e. The molecule has 0 aromatic heterocycles. The fraction of sp³-hybridized carbons (Fsp3) is 0.250. The predicted octanol–water partition coefficient (Wildman–Crippen LogP) is 1.43. The molecule has 0 aliphatic heterocycles. The van der Waals surface area contributed by atoms with Gasteiger partial charge in [0.1, 0.15) is 0 Å². The highest BCUT2D eigenvalue weighted by atomic mass is 35.5. The third kappa shape index (κ3) is 1.93. The maximum Gasteiger partial charge on any atom is 0.0884 e. The molecule has 60 valence electrons. The fourth-order valence-corrected chi connectivity index (χ4v) is 1.24. The molecule has 0 radical (unpaired) electrons. The fourth-order valence-electron chi connectivity index (χ4n) is 0.898. The summed E-state index contributed by atoms with van der Waals surface area (Å²) in [4.78, 5) is 0. The molecule has 0 saturated carbocycles. The molecule has 0 spiro atoms. The van der Waals surface area contributed by atoms with Crippen LogP contribution in [0.1, 0.15) is 12.5 Å². The second kappa shape index (κ2) is 2.81. The van der Waals surface area contributed by atoms with Crippen LogP contribution >= 0.6 is 11.6 Å². The Morgan fingerprint density at radius 2 is 1.82 bits per heavy atom. The molecule has 11 heavy (non-hydrogen) atoms. The zero-order chi connectivity index (χ0) is 8.48. The van der Waals surface area contributed by atoms with Crippen LogP contribution in [0, 0.1) is 0 Å². The molecule has 0 atom stereocenters. The molecule has 3 heteroatoms. The molecule has 0 aliphatic carbocycles. The van der Waals surface area contributed by atoms with E-state index in [1.54, 1.807) is 13.0 Å². The van der Waals surface area contributed by atoms with Gasteiger partial charge in [-0.3, -0.25) is 0 Å². The van der Waals surface area contributed by atoms with Crippen LogP contribution < -0.4 is 11.5 Å². The van der Waals surface area contributed by atoms with E-state index < -0.39 is 5.66 Å². The molecule has 0 heterocycles. The highest BCUT2D eigenvalue weighted by molar-refractivity contribution is 6.31.